The molecule has 2 heterocycles. The Balaban J connectivity index is 1.60. The molecule has 1 N–H and O–H groups in total. The molecule has 1 aromatic carbocycles. The summed E-state index contributed by atoms with van der Waals surface area (Å²) in [5.41, 5.74) is 1.66. The van der Waals surface area contributed by atoms with Crippen molar-refractivity contribution in [3.63, 3.8) is 0 Å². The highest BCUT2D eigenvalue weighted by Crippen LogP contribution is 2.40. The first-order valence-corrected chi connectivity index (χ1v) is 11.8. The first-order valence-electron chi connectivity index (χ1n) is 11.0. The number of furan rings is 1. The maximum Gasteiger partial charge on any atom is 0.341 e. The van der Waals surface area contributed by atoms with Crippen molar-refractivity contribution in [1.29, 1.82) is 5.26 Å². The number of benzene rings is 1. The summed E-state index contributed by atoms with van der Waals surface area (Å²) in [6.45, 7) is 4.11. The number of carbonyl (C=O) groups excluding carboxylic acids is 2. The smallest absolute Gasteiger partial charge is 0.341 e. The van der Waals surface area contributed by atoms with Crippen LogP contribution in [0.15, 0.2) is 46.4 Å². The molecule has 0 aliphatic heterocycles. The number of nitriles is 1. The summed E-state index contributed by atoms with van der Waals surface area (Å²) in [7, 11) is 0. The number of hydrogen-bond acceptors (Lipinski definition) is 6. The number of rotatable bonds is 6. The van der Waals surface area contributed by atoms with E-state index in [2.05, 4.69) is 12.2 Å². The highest BCUT2D eigenvalue weighted by atomic mass is 32.1. The fraction of sp³-hybridized carbons (Fsp3) is 0.269. The number of nitrogens with zero attached hydrogens (tertiary/aromatic N) is 1. The topological polar surface area (TPSA) is 92.3 Å². The molecule has 174 valence electrons. The molecule has 0 radical (unpaired) electrons. The van der Waals surface area contributed by atoms with Crippen molar-refractivity contribution in [3.05, 3.63) is 69.6 Å². The Morgan fingerprint density at radius 1 is 1.35 bits per heavy atom. The number of thiophene rings is 1. The molecule has 0 bridgehead atoms. The summed E-state index contributed by atoms with van der Waals surface area (Å²) >= 11 is 1.36. The van der Waals surface area contributed by atoms with E-state index in [1.807, 2.05) is 6.07 Å². The zero-order valence-corrected chi connectivity index (χ0v) is 19.6. The number of esters is 1. The number of ether oxygens (including phenoxy) is 1. The van der Waals surface area contributed by atoms with Gasteiger partial charge in [-0.1, -0.05) is 19.1 Å². The molecular weight excluding hydrogens is 455 g/mol. The van der Waals surface area contributed by atoms with Crippen LogP contribution in [0.1, 0.15) is 46.8 Å². The van der Waals surface area contributed by atoms with Crippen LogP contribution in [0, 0.1) is 23.1 Å². The second-order valence-corrected chi connectivity index (χ2v) is 9.22. The zero-order chi connectivity index (χ0) is 24.2. The lowest BCUT2D eigenvalue weighted by Crippen LogP contribution is -2.17. The summed E-state index contributed by atoms with van der Waals surface area (Å²) in [6, 6.07) is 11.1. The third-order valence-electron chi connectivity index (χ3n) is 5.61. The van der Waals surface area contributed by atoms with Crippen molar-refractivity contribution in [1.82, 2.24) is 0 Å². The quantitative estimate of drug-likeness (QED) is 0.267. The minimum Gasteiger partial charge on any atom is -0.462 e. The highest BCUT2D eigenvalue weighted by Gasteiger charge is 2.29. The summed E-state index contributed by atoms with van der Waals surface area (Å²) in [6.07, 6.45) is 3.85. The minimum absolute atomic E-state index is 0.185. The van der Waals surface area contributed by atoms with Gasteiger partial charge in [-0.05, 0) is 61.9 Å². The molecule has 0 fully saturated rings. The zero-order valence-electron chi connectivity index (χ0n) is 18.8. The van der Waals surface area contributed by atoms with Crippen LogP contribution in [0.4, 0.5) is 9.39 Å². The molecule has 1 amide bonds. The Kier molecular flexibility index (Phi) is 6.94. The van der Waals surface area contributed by atoms with Gasteiger partial charge in [0, 0.05) is 16.5 Å². The van der Waals surface area contributed by atoms with Gasteiger partial charge in [-0.15, -0.1) is 11.3 Å². The van der Waals surface area contributed by atoms with Gasteiger partial charge >= 0.3 is 5.97 Å². The Hall–Kier alpha value is -3.70. The van der Waals surface area contributed by atoms with E-state index in [0.29, 0.717) is 27.8 Å². The standard InChI is InChI=1S/C26H23FN2O4S/c1-3-32-26(31)23-20-9-7-15(2)11-22(20)34-25(23)29-24(30)17(14-28)13-19-8-10-21(33-19)16-5-4-6-18(27)12-16/h4-6,8,10,12-13,15H,3,7,9,11H2,1-2H3,(H,29,30)/b17-13+. The van der Waals surface area contributed by atoms with E-state index >= 15 is 0 Å². The number of anilines is 1. The molecule has 1 aliphatic carbocycles. The van der Waals surface area contributed by atoms with Crippen molar-refractivity contribution in [2.45, 2.75) is 33.1 Å². The molecular formula is C26H23FN2O4S. The van der Waals surface area contributed by atoms with Gasteiger partial charge < -0.3 is 14.5 Å². The van der Waals surface area contributed by atoms with Gasteiger partial charge in [0.1, 0.15) is 34.0 Å². The Morgan fingerprint density at radius 2 is 2.18 bits per heavy atom. The highest BCUT2D eigenvalue weighted by molar-refractivity contribution is 7.17. The predicted molar refractivity (Wildman–Crippen MR) is 128 cm³/mol. The molecule has 4 rings (SSSR count). The molecule has 1 aliphatic rings. The van der Waals surface area contributed by atoms with E-state index in [1.165, 1.54) is 29.5 Å². The molecule has 1 atom stereocenters. The van der Waals surface area contributed by atoms with Crippen LogP contribution in [0.3, 0.4) is 0 Å². The van der Waals surface area contributed by atoms with Crippen LogP contribution < -0.4 is 5.32 Å². The van der Waals surface area contributed by atoms with E-state index in [1.54, 1.807) is 31.2 Å². The molecule has 1 unspecified atom stereocenters. The third kappa shape index (κ3) is 4.95. The first-order chi connectivity index (χ1) is 16.4. The molecule has 3 aromatic rings. The lowest BCUT2D eigenvalue weighted by atomic mass is 9.88. The lowest BCUT2D eigenvalue weighted by molar-refractivity contribution is -0.112. The van der Waals surface area contributed by atoms with Gasteiger partial charge in [-0.25, -0.2) is 9.18 Å². The van der Waals surface area contributed by atoms with Gasteiger partial charge in [0.2, 0.25) is 0 Å². The Morgan fingerprint density at radius 3 is 2.91 bits per heavy atom. The number of hydrogen-bond donors (Lipinski definition) is 1. The van der Waals surface area contributed by atoms with Crippen LogP contribution in [0.5, 0.6) is 0 Å². The van der Waals surface area contributed by atoms with Gasteiger partial charge in [0.15, 0.2) is 0 Å². The molecule has 0 spiro atoms. The van der Waals surface area contributed by atoms with E-state index in [4.69, 9.17) is 9.15 Å². The van der Waals surface area contributed by atoms with Crippen LogP contribution in [0.25, 0.3) is 17.4 Å². The average molecular weight is 479 g/mol. The third-order valence-corrected chi connectivity index (χ3v) is 6.78. The summed E-state index contributed by atoms with van der Waals surface area (Å²) < 4.78 is 24.4. The normalized spacial score (nSPS) is 15.4. The van der Waals surface area contributed by atoms with Crippen molar-refractivity contribution in [3.8, 4) is 17.4 Å². The van der Waals surface area contributed by atoms with Gasteiger partial charge in [0.05, 0.1) is 12.2 Å². The Labute approximate surface area is 200 Å². The van der Waals surface area contributed by atoms with Crippen LogP contribution >= 0.6 is 11.3 Å². The molecule has 2 aromatic heterocycles. The van der Waals surface area contributed by atoms with Gasteiger partial charge in [0.25, 0.3) is 5.91 Å². The maximum atomic E-state index is 13.5. The average Bonchev–Trinajstić information content (AvgIpc) is 3.41. The predicted octanol–water partition coefficient (Wildman–Crippen LogP) is 5.99. The molecule has 0 saturated heterocycles. The Bertz CT molecular complexity index is 1310. The number of fused-ring (bicyclic) bond motifs is 1. The second kappa shape index (κ2) is 10.1. The van der Waals surface area contributed by atoms with E-state index in [-0.39, 0.29) is 17.9 Å². The van der Waals surface area contributed by atoms with Crippen molar-refractivity contribution in [2.75, 3.05) is 11.9 Å². The summed E-state index contributed by atoms with van der Waals surface area (Å²) in [5, 5.41) is 12.7. The number of amides is 1. The van der Waals surface area contributed by atoms with Crippen molar-refractivity contribution < 1.29 is 23.1 Å². The fourth-order valence-corrected chi connectivity index (χ4v) is 5.34. The van der Waals surface area contributed by atoms with Crippen molar-refractivity contribution in [2.24, 2.45) is 5.92 Å². The molecule has 8 heteroatoms. The largest absolute Gasteiger partial charge is 0.462 e. The first kappa shape index (κ1) is 23.5. The maximum absolute atomic E-state index is 13.5. The molecule has 34 heavy (non-hydrogen) atoms. The molecule has 0 saturated carbocycles. The second-order valence-electron chi connectivity index (χ2n) is 8.11. The van der Waals surface area contributed by atoms with E-state index < -0.39 is 17.7 Å². The van der Waals surface area contributed by atoms with Gasteiger partial charge in [-0.3, -0.25) is 4.79 Å². The van der Waals surface area contributed by atoms with Crippen LogP contribution in [0.2, 0.25) is 0 Å². The fourth-order valence-electron chi connectivity index (χ4n) is 3.95. The SMILES string of the molecule is CCOC(=O)c1c(NC(=O)/C(C#N)=C/c2ccc(-c3cccc(F)c3)o2)sc2c1CCC(C)C2. The van der Waals surface area contributed by atoms with E-state index in [9.17, 15) is 19.2 Å². The van der Waals surface area contributed by atoms with Gasteiger partial charge in [-0.2, -0.15) is 5.26 Å². The number of carbonyl (C=O) groups is 2. The minimum atomic E-state index is -0.650. The van der Waals surface area contributed by atoms with Crippen LogP contribution in [-0.4, -0.2) is 18.5 Å². The monoisotopic (exact) mass is 478 g/mol. The van der Waals surface area contributed by atoms with E-state index in [0.717, 1.165) is 29.7 Å². The summed E-state index contributed by atoms with van der Waals surface area (Å²) in [5.74, 6) is -0.343. The van der Waals surface area contributed by atoms with Crippen LogP contribution in [-0.2, 0) is 22.4 Å². The lowest BCUT2D eigenvalue weighted by Gasteiger charge is -2.18. The number of nitrogens with one attached hydrogen (secondary N) is 1. The number of halogens is 1. The molecule has 6 nitrogen and oxygen atoms in total. The van der Waals surface area contributed by atoms with Crippen molar-refractivity contribution >= 4 is 34.3 Å². The summed E-state index contributed by atoms with van der Waals surface area (Å²) in [4.78, 5) is 26.7.